The molecule has 0 radical (unpaired) electrons. The minimum atomic E-state index is -0.900. The van der Waals surface area contributed by atoms with Gasteiger partial charge in [-0.2, -0.15) is 0 Å². The van der Waals surface area contributed by atoms with Crippen LogP contribution in [0.4, 0.5) is 4.39 Å². The Morgan fingerprint density at radius 1 is 1.20 bits per heavy atom. The second-order valence-corrected chi connectivity index (χ2v) is 11.0. The molecule has 3 aliphatic carbocycles. The number of aliphatic hydroxyl groups excluding tert-OH is 1. The minimum Gasteiger partial charge on any atom is -0.493 e. The molecule has 6 rings (SSSR count). The summed E-state index contributed by atoms with van der Waals surface area (Å²) < 4.78 is 31.7. The molecule has 166 valence electrons. The molecule has 0 spiro atoms. The first-order valence-corrected chi connectivity index (χ1v) is 11.2. The van der Waals surface area contributed by atoms with Gasteiger partial charge in [0.25, 0.3) is 0 Å². The number of methoxy groups -OCH3 is 1. The molecule has 0 amide bonds. The summed E-state index contributed by atoms with van der Waals surface area (Å²) in [6.07, 6.45) is 2.84. The number of nitrogens with zero attached hydrogens (tertiary/aromatic N) is 1. The Morgan fingerprint density at radius 3 is 2.57 bits per heavy atom. The van der Waals surface area contributed by atoms with E-state index < -0.39 is 11.8 Å². The first-order chi connectivity index (χ1) is 14.1. The van der Waals surface area contributed by atoms with E-state index in [0.717, 1.165) is 31.0 Å². The highest BCUT2D eigenvalue weighted by Crippen LogP contribution is 2.69. The molecule has 2 heterocycles. The van der Waals surface area contributed by atoms with Gasteiger partial charge in [0, 0.05) is 24.5 Å². The molecule has 1 aromatic rings. The predicted octanol–water partition coefficient (Wildman–Crippen LogP) is 3.81. The van der Waals surface area contributed by atoms with Gasteiger partial charge in [-0.1, -0.05) is 0 Å². The van der Waals surface area contributed by atoms with Crippen LogP contribution in [-0.2, 0) is 11.2 Å². The second-order valence-electron chi connectivity index (χ2n) is 11.0. The van der Waals surface area contributed by atoms with Crippen molar-refractivity contribution < 1.29 is 23.7 Å². The molecule has 1 aromatic carbocycles. The number of hydrogen-bond acceptors (Lipinski definition) is 5. The largest absolute Gasteiger partial charge is 0.493 e. The summed E-state index contributed by atoms with van der Waals surface area (Å²) in [4.78, 5) is 2.42. The molecule has 1 N–H and O–H groups in total. The molecule has 30 heavy (non-hydrogen) atoms. The Balaban J connectivity index is 1.32. The zero-order valence-corrected chi connectivity index (χ0v) is 18.5. The number of halogens is 1. The van der Waals surface area contributed by atoms with Crippen LogP contribution in [0.15, 0.2) is 12.1 Å². The lowest BCUT2D eigenvalue weighted by molar-refractivity contribution is -0.226. The van der Waals surface area contributed by atoms with Crippen molar-refractivity contribution in [3.05, 3.63) is 23.3 Å². The van der Waals surface area contributed by atoms with E-state index in [1.807, 2.05) is 20.8 Å². The standard InChI is InChI=1S/C24H34FNO4/c1-22(2,3)30-21-10-26-6-5-15-7-20(29-14-23-11-24(25,12-23)13-23)19(28-4)8-16(15)17(26)9-18(21)27/h7-8,17-18,21,27H,5-6,9-14H2,1-4H3/t17-,18-,21-,23?,24?/m1/s1. The van der Waals surface area contributed by atoms with Gasteiger partial charge in [-0.15, -0.1) is 0 Å². The minimum absolute atomic E-state index is 0.0437. The third-order valence-corrected chi connectivity index (χ3v) is 7.32. The quantitative estimate of drug-likeness (QED) is 0.787. The Kier molecular flexibility index (Phi) is 4.66. The second kappa shape index (κ2) is 6.81. The summed E-state index contributed by atoms with van der Waals surface area (Å²) in [7, 11) is 1.66. The monoisotopic (exact) mass is 419 g/mol. The van der Waals surface area contributed by atoms with Crippen LogP contribution in [0.1, 0.15) is 63.6 Å². The summed E-state index contributed by atoms with van der Waals surface area (Å²) in [6, 6.07) is 4.35. The molecule has 0 aromatic heterocycles. The molecular formula is C24H34FNO4. The maximum absolute atomic E-state index is 13.8. The SMILES string of the molecule is COc1cc2c(cc1OCC13CC(F)(C1)C3)CCN1C[C@@H](OC(C)(C)C)[C@H](O)C[C@H]21. The zero-order valence-electron chi connectivity index (χ0n) is 18.5. The third kappa shape index (κ3) is 3.51. The fourth-order valence-corrected chi connectivity index (χ4v) is 6.08. The Hall–Kier alpha value is -1.37. The highest BCUT2D eigenvalue weighted by Gasteiger charge is 2.69. The number of alkyl halides is 1. The summed E-state index contributed by atoms with van der Waals surface area (Å²) in [5.41, 5.74) is 1.34. The molecule has 6 heteroatoms. The Bertz CT molecular complexity index is 815. The molecular weight excluding hydrogens is 385 g/mol. The normalized spacial score (nSPS) is 37.5. The molecule has 3 saturated carbocycles. The summed E-state index contributed by atoms with van der Waals surface area (Å²) in [6.45, 7) is 8.33. The molecule has 1 saturated heterocycles. The summed E-state index contributed by atoms with van der Waals surface area (Å²) >= 11 is 0. The average Bonchev–Trinajstić information content (AvgIpc) is 2.62. The van der Waals surface area contributed by atoms with Crippen LogP contribution in [0.3, 0.4) is 0 Å². The highest BCUT2D eigenvalue weighted by molar-refractivity contribution is 5.50. The van der Waals surface area contributed by atoms with Crippen molar-refractivity contribution in [2.24, 2.45) is 5.41 Å². The van der Waals surface area contributed by atoms with E-state index in [0.29, 0.717) is 32.3 Å². The fraction of sp³-hybridized carbons (Fsp3) is 0.750. The van der Waals surface area contributed by atoms with Crippen LogP contribution in [0.5, 0.6) is 11.5 Å². The molecule has 0 unspecified atom stereocenters. The van der Waals surface area contributed by atoms with Gasteiger partial charge in [-0.05, 0) is 76.1 Å². The van der Waals surface area contributed by atoms with Crippen molar-refractivity contribution in [2.45, 2.75) is 82.4 Å². The van der Waals surface area contributed by atoms with Crippen molar-refractivity contribution in [2.75, 3.05) is 26.8 Å². The number of aliphatic hydroxyl groups is 1. The van der Waals surface area contributed by atoms with E-state index in [9.17, 15) is 9.50 Å². The summed E-state index contributed by atoms with van der Waals surface area (Å²) in [5, 5.41) is 10.8. The maximum atomic E-state index is 13.8. The molecule has 3 atom stereocenters. The number of rotatable bonds is 5. The number of fused-ring (bicyclic) bond motifs is 3. The van der Waals surface area contributed by atoms with E-state index in [1.54, 1.807) is 7.11 Å². The summed E-state index contributed by atoms with van der Waals surface area (Å²) in [5.74, 6) is 1.48. The zero-order chi connectivity index (χ0) is 21.3. The van der Waals surface area contributed by atoms with E-state index in [2.05, 4.69) is 17.0 Å². The van der Waals surface area contributed by atoms with Crippen molar-refractivity contribution in [1.82, 2.24) is 4.90 Å². The van der Waals surface area contributed by atoms with Gasteiger partial charge in [-0.25, -0.2) is 4.39 Å². The van der Waals surface area contributed by atoms with E-state index in [1.165, 1.54) is 11.1 Å². The van der Waals surface area contributed by atoms with Crippen LogP contribution < -0.4 is 9.47 Å². The molecule has 5 nitrogen and oxygen atoms in total. The van der Waals surface area contributed by atoms with Gasteiger partial charge in [0.05, 0.1) is 31.5 Å². The van der Waals surface area contributed by atoms with Crippen molar-refractivity contribution >= 4 is 0 Å². The van der Waals surface area contributed by atoms with Crippen molar-refractivity contribution in [3.63, 3.8) is 0 Å². The molecule has 4 fully saturated rings. The highest BCUT2D eigenvalue weighted by atomic mass is 19.1. The predicted molar refractivity (Wildman–Crippen MR) is 112 cm³/mol. The third-order valence-electron chi connectivity index (χ3n) is 7.32. The van der Waals surface area contributed by atoms with Gasteiger partial charge in [0.1, 0.15) is 5.67 Å². The number of benzene rings is 1. The van der Waals surface area contributed by atoms with Crippen LogP contribution in [0, 0.1) is 5.41 Å². The van der Waals surface area contributed by atoms with Crippen LogP contribution in [-0.4, -0.2) is 60.3 Å². The molecule has 2 bridgehead atoms. The lowest BCUT2D eigenvalue weighted by Crippen LogP contribution is -2.66. The lowest BCUT2D eigenvalue weighted by Gasteiger charge is -2.65. The average molecular weight is 420 g/mol. The van der Waals surface area contributed by atoms with E-state index in [4.69, 9.17) is 14.2 Å². The number of hydrogen-bond donors (Lipinski definition) is 1. The smallest absolute Gasteiger partial charge is 0.161 e. The van der Waals surface area contributed by atoms with Crippen LogP contribution in [0.25, 0.3) is 0 Å². The molecule has 5 aliphatic rings. The van der Waals surface area contributed by atoms with Gasteiger partial charge >= 0.3 is 0 Å². The first-order valence-electron chi connectivity index (χ1n) is 11.2. The lowest BCUT2D eigenvalue weighted by atomic mass is 9.43. The first kappa shape index (κ1) is 20.5. The Morgan fingerprint density at radius 2 is 1.93 bits per heavy atom. The van der Waals surface area contributed by atoms with Gasteiger partial charge in [0.2, 0.25) is 0 Å². The maximum Gasteiger partial charge on any atom is 0.161 e. The van der Waals surface area contributed by atoms with E-state index >= 15 is 0 Å². The van der Waals surface area contributed by atoms with Crippen LogP contribution in [0.2, 0.25) is 0 Å². The Labute approximate surface area is 178 Å². The van der Waals surface area contributed by atoms with Gasteiger partial charge in [-0.3, -0.25) is 4.90 Å². The topological polar surface area (TPSA) is 51.2 Å². The number of piperidine rings is 1. The van der Waals surface area contributed by atoms with E-state index in [-0.39, 0.29) is 23.2 Å². The molecule has 2 aliphatic heterocycles. The fourth-order valence-electron chi connectivity index (χ4n) is 6.08. The van der Waals surface area contributed by atoms with Crippen molar-refractivity contribution in [3.8, 4) is 11.5 Å². The van der Waals surface area contributed by atoms with Gasteiger partial charge in [0.15, 0.2) is 11.5 Å². The van der Waals surface area contributed by atoms with Crippen molar-refractivity contribution in [1.29, 1.82) is 0 Å². The number of ether oxygens (including phenoxy) is 3. The van der Waals surface area contributed by atoms with Gasteiger partial charge < -0.3 is 19.3 Å². The van der Waals surface area contributed by atoms with Crippen LogP contribution >= 0.6 is 0 Å².